The van der Waals surface area contributed by atoms with Crippen molar-refractivity contribution in [2.75, 3.05) is 7.11 Å². The van der Waals surface area contributed by atoms with Crippen molar-refractivity contribution in [1.29, 1.82) is 0 Å². The first-order valence-electron chi connectivity index (χ1n) is 7.57. The van der Waals surface area contributed by atoms with E-state index in [2.05, 4.69) is 0 Å². The Hall–Kier alpha value is -2.16. The second kappa shape index (κ2) is 5.91. The summed E-state index contributed by atoms with van der Waals surface area (Å²) in [6.07, 6.45) is 2.48. The number of Topliss-reactive ketones (excluding diaryl/α,β-unsaturated/α-hetero) is 1. The number of rotatable bonds is 2. The molecule has 0 amide bonds. The smallest absolute Gasteiger partial charge is 0.170 e. The van der Waals surface area contributed by atoms with E-state index in [1.807, 2.05) is 31.2 Å². The molecule has 0 aromatic heterocycles. The quantitative estimate of drug-likeness (QED) is 0.766. The number of aryl methyl sites for hydroxylation is 2. The zero-order valence-electron chi connectivity index (χ0n) is 12.9. The molecule has 2 nitrogen and oxygen atoms in total. The SMILES string of the molecule is COc1cc2c(cc1F)C(=O)C(c1ccc(C)cc1)CCC2. The van der Waals surface area contributed by atoms with Gasteiger partial charge in [-0.15, -0.1) is 0 Å². The van der Waals surface area contributed by atoms with E-state index in [-0.39, 0.29) is 17.5 Å². The highest BCUT2D eigenvalue weighted by atomic mass is 19.1. The lowest BCUT2D eigenvalue weighted by atomic mass is 9.88. The van der Waals surface area contributed by atoms with Gasteiger partial charge in [-0.3, -0.25) is 4.79 Å². The fourth-order valence-electron chi connectivity index (χ4n) is 3.12. The Kier molecular flexibility index (Phi) is 3.97. The third-order valence-corrected chi connectivity index (χ3v) is 4.38. The molecular formula is C19H19FO2. The minimum absolute atomic E-state index is 0.0120. The first-order chi connectivity index (χ1) is 10.6. The molecule has 0 radical (unpaired) electrons. The maximum atomic E-state index is 14.0. The number of fused-ring (bicyclic) bond motifs is 1. The number of hydrogen-bond acceptors (Lipinski definition) is 2. The molecule has 0 bridgehead atoms. The summed E-state index contributed by atoms with van der Waals surface area (Å²) in [6, 6.07) is 11.0. The van der Waals surface area contributed by atoms with Crippen molar-refractivity contribution < 1.29 is 13.9 Å². The van der Waals surface area contributed by atoms with Crippen LogP contribution in [0, 0.1) is 12.7 Å². The fourth-order valence-corrected chi connectivity index (χ4v) is 3.12. The molecule has 3 heteroatoms. The van der Waals surface area contributed by atoms with Gasteiger partial charge in [-0.2, -0.15) is 0 Å². The largest absolute Gasteiger partial charge is 0.494 e. The van der Waals surface area contributed by atoms with Gasteiger partial charge in [0.25, 0.3) is 0 Å². The summed E-state index contributed by atoms with van der Waals surface area (Å²) in [4.78, 5) is 12.9. The molecule has 0 spiro atoms. The molecule has 1 aliphatic rings. The first-order valence-corrected chi connectivity index (χ1v) is 7.57. The normalized spacial score (nSPS) is 17.8. The highest BCUT2D eigenvalue weighted by molar-refractivity contribution is 6.02. The number of methoxy groups -OCH3 is 1. The van der Waals surface area contributed by atoms with Crippen LogP contribution in [-0.2, 0) is 6.42 Å². The zero-order chi connectivity index (χ0) is 15.7. The molecule has 1 aliphatic carbocycles. The van der Waals surface area contributed by atoms with Gasteiger partial charge in [0.1, 0.15) is 0 Å². The van der Waals surface area contributed by atoms with Crippen LogP contribution in [0.2, 0.25) is 0 Å². The van der Waals surface area contributed by atoms with E-state index in [0.717, 1.165) is 30.4 Å². The average molecular weight is 298 g/mol. The van der Waals surface area contributed by atoms with E-state index in [0.29, 0.717) is 5.56 Å². The summed E-state index contributed by atoms with van der Waals surface area (Å²) in [5.74, 6) is -0.438. The van der Waals surface area contributed by atoms with Crippen LogP contribution in [0.1, 0.15) is 45.8 Å². The Bertz CT molecular complexity index is 704. The number of benzene rings is 2. The van der Waals surface area contributed by atoms with Crippen LogP contribution in [-0.4, -0.2) is 12.9 Å². The van der Waals surface area contributed by atoms with Crippen LogP contribution in [0.5, 0.6) is 5.75 Å². The van der Waals surface area contributed by atoms with Crippen molar-refractivity contribution in [3.8, 4) is 5.75 Å². The molecular weight excluding hydrogens is 279 g/mol. The maximum absolute atomic E-state index is 14.0. The highest BCUT2D eigenvalue weighted by Gasteiger charge is 2.28. The van der Waals surface area contributed by atoms with E-state index in [9.17, 15) is 9.18 Å². The monoisotopic (exact) mass is 298 g/mol. The van der Waals surface area contributed by atoms with Crippen molar-refractivity contribution in [3.63, 3.8) is 0 Å². The van der Waals surface area contributed by atoms with Gasteiger partial charge in [0, 0.05) is 11.5 Å². The predicted molar refractivity (Wildman–Crippen MR) is 84.1 cm³/mol. The molecule has 0 N–H and O–H groups in total. The second-order valence-electron chi connectivity index (χ2n) is 5.86. The second-order valence-corrected chi connectivity index (χ2v) is 5.86. The number of ketones is 1. The van der Waals surface area contributed by atoms with Crippen LogP contribution in [0.3, 0.4) is 0 Å². The van der Waals surface area contributed by atoms with Crippen LogP contribution in [0.25, 0.3) is 0 Å². The standard InChI is InChI=1S/C19H19FO2/c1-12-6-8-13(9-7-12)15-5-3-4-14-10-18(22-2)17(20)11-16(14)19(15)21/h6-11,15H,3-5H2,1-2H3. The van der Waals surface area contributed by atoms with Gasteiger partial charge in [-0.05, 0) is 49.4 Å². The number of hydrogen-bond donors (Lipinski definition) is 0. The Labute approximate surface area is 129 Å². The van der Waals surface area contributed by atoms with E-state index in [1.54, 1.807) is 6.07 Å². The van der Waals surface area contributed by atoms with E-state index < -0.39 is 5.82 Å². The van der Waals surface area contributed by atoms with Crippen LogP contribution in [0.15, 0.2) is 36.4 Å². The lowest BCUT2D eigenvalue weighted by molar-refractivity contribution is 0.0957. The Morgan fingerprint density at radius 2 is 1.91 bits per heavy atom. The number of ether oxygens (including phenoxy) is 1. The molecule has 3 rings (SSSR count). The zero-order valence-corrected chi connectivity index (χ0v) is 12.9. The van der Waals surface area contributed by atoms with Gasteiger partial charge in [0.15, 0.2) is 17.3 Å². The van der Waals surface area contributed by atoms with Gasteiger partial charge in [0.05, 0.1) is 7.11 Å². The fraction of sp³-hybridized carbons (Fsp3) is 0.316. The van der Waals surface area contributed by atoms with Gasteiger partial charge in [-0.1, -0.05) is 29.8 Å². The third-order valence-electron chi connectivity index (χ3n) is 4.38. The van der Waals surface area contributed by atoms with Gasteiger partial charge < -0.3 is 4.74 Å². The number of halogens is 1. The molecule has 0 heterocycles. The minimum Gasteiger partial charge on any atom is -0.494 e. The third kappa shape index (κ3) is 2.63. The van der Waals surface area contributed by atoms with Crippen molar-refractivity contribution in [2.45, 2.75) is 32.1 Å². The molecule has 0 fully saturated rings. The van der Waals surface area contributed by atoms with Crippen molar-refractivity contribution in [3.05, 3.63) is 64.5 Å². The highest BCUT2D eigenvalue weighted by Crippen LogP contribution is 2.34. The molecule has 22 heavy (non-hydrogen) atoms. The van der Waals surface area contributed by atoms with Crippen molar-refractivity contribution in [1.82, 2.24) is 0 Å². The molecule has 1 atom stereocenters. The Morgan fingerprint density at radius 1 is 1.18 bits per heavy atom. The predicted octanol–water partition coefficient (Wildman–Crippen LogP) is 4.45. The first kappa shape index (κ1) is 14.8. The molecule has 114 valence electrons. The molecule has 2 aromatic rings. The van der Waals surface area contributed by atoms with Gasteiger partial charge >= 0.3 is 0 Å². The van der Waals surface area contributed by atoms with Crippen molar-refractivity contribution in [2.24, 2.45) is 0 Å². The van der Waals surface area contributed by atoms with Crippen molar-refractivity contribution >= 4 is 5.78 Å². The Morgan fingerprint density at radius 3 is 2.59 bits per heavy atom. The molecule has 0 aliphatic heterocycles. The summed E-state index contributed by atoms with van der Waals surface area (Å²) in [6.45, 7) is 2.02. The summed E-state index contributed by atoms with van der Waals surface area (Å²) in [7, 11) is 1.44. The average Bonchev–Trinajstić information content (AvgIpc) is 2.67. The van der Waals surface area contributed by atoms with E-state index in [1.165, 1.54) is 18.7 Å². The number of carbonyl (C=O) groups excluding carboxylic acids is 1. The molecule has 0 saturated carbocycles. The maximum Gasteiger partial charge on any atom is 0.170 e. The lowest BCUT2D eigenvalue weighted by Crippen LogP contribution is -2.13. The molecule has 0 saturated heterocycles. The van der Waals surface area contributed by atoms with Crippen LogP contribution >= 0.6 is 0 Å². The minimum atomic E-state index is -0.473. The summed E-state index contributed by atoms with van der Waals surface area (Å²) < 4.78 is 19.0. The topological polar surface area (TPSA) is 26.3 Å². The van der Waals surface area contributed by atoms with E-state index in [4.69, 9.17) is 4.74 Å². The Balaban J connectivity index is 2.02. The van der Waals surface area contributed by atoms with E-state index >= 15 is 0 Å². The van der Waals surface area contributed by atoms with Gasteiger partial charge in [0.2, 0.25) is 0 Å². The van der Waals surface area contributed by atoms with Gasteiger partial charge in [-0.25, -0.2) is 4.39 Å². The summed E-state index contributed by atoms with van der Waals surface area (Å²) >= 11 is 0. The number of carbonyl (C=O) groups is 1. The molecule has 2 aromatic carbocycles. The van der Waals surface area contributed by atoms with Crippen LogP contribution in [0.4, 0.5) is 4.39 Å². The van der Waals surface area contributed by atoms with Crippen LogP contribution < -0.4 is 4.74 Å². The lowest BCUT2D eigenvalue weighted by Gasteiger charge is -2.15. The summed E-state index contributed by atoms with van der Waals surface area (Å²) in [5, 5.41) is 0. The molecule has 1 unspecified atom stereocenters. The summed E-state index contributed by atoms with van der Waals surface area (Å²) in [5.41, 5.74) is 3.57.